The lowest BCUT2D eigenvalue weighted by atomic mass is 10.2. The molecule has 0 spiro atoms. The second-order valence-corrected chi connectivity index (χ2v) is 10.1. The smallest absolute Gasteiger partial charge is 0.252 e. The summed E-state index contributed by atoms with van der Waals surface area (Å²) < 4.78 is 33.6. The number of ether oxygens (including phenoxy) is 1. The summed E-state index contributed by atoms with van der Waals surface area (Å²) in [4.78, 5) is 17.2. The number of rotatable bonds is 7. The molecule has 1 saturated carbocycles. The lowest BCUT2D eigenvalue weighted by Gasteiger charge is -2.26. The molecule has 2 aromatic rings. The van der Waals surface area contributed by atoms with Crippen molar-refractivity contribution in [3.8, 4) is 5.88 Å². The molecule has 1 saturated heterocycles. The average molecular weight is 444 g/mol. The Balaban J connectivity index is 1.45. The highest BCUT2D eigenvalue weighted by Crippen LogP contribution is 2.25. The van der Waals surface area contributed by atoms with Gasteiger partial charge in [-0.2, -0.15) is 4.31 Å². The zero-order valence-corrected chi connectivity index (χ0v) is 18.4. The third-order valence-corrected chi connectivity index (χ3v) is 7.86. The van der Waals surface area contributed by atoms with Crippen molar-refractivity contribution in [1.29, 1.82) is 0 Å². The van der Waals surface area contributed by atoms with Crippen molar-refractivity contribution in [3.63, 3.8) is 0 Å². The van der Waals surface area contributed by atoms with E-state index in [0.717, 1.165) is 37.7 Å². The Hall–Kier alpha value is -2.45. The van der Waals surface area contributed by atoms with Crippen LogP contribution in [-0.4, -0.2) is 42.8 Å². The summed E-state index contributed by atoms with van der Waals surface area (Å²) in [5, 5.41) is 2.85. The van der Waals surface area contributed by atoms with Gasteiger partial charge in [-0.05, 0) is 62.3 Å². The first-order chi connectivity index (χ1) is 15.0. The first kappa shape index (κ1) is 21.8. The molecule has 7 nitrogen and oxygen atoms in total. The molecule has 2 heterocycles. The Bertz CT molecular complexity index is 1010. The molecule has 1 aliphatic heterocycles. The number of carbonyl (C=O) groups excluding carboxylic acids is 1. The summed E-state index contributed by atoms with van der Waals surface area (Å²) in [6.45, 7) is 1.26. The van der Waals surface area contributed by atoms with Gasteiger partial charge in [-0.3, -0.25) is 4.79 Å². The van der Waals surface area contributed by atoms with Crippen LogP contribution in [0.1, 0.15) is 60.9 Å². The molecule has 2 fully saturated rings. The number of hydrogen-bond acceptors (Lipinski definition) is 5. The van der Waals surface area contributed by atoms with Crippen molar-refractivity contribution in [3.05, 3.63) is 53.7 Å². The van der Waals surface area contributed by atoms with Gasteiger partial charge in [0, 0.05) is 31.9 Å². The highest BCUT2D eigenvalue weighted by molar-refractivity contribution is 7.89. The second kappa shape index (κ2) is 9.78. The Morgan fingerprint density at radius 1 is 1.06 bits per heavy atom. The topological polar surface area (TPSA) is 88.6 Å². The maximum absolute atomic E-state index is 13.1. The van der Waals surface area contributed by atoms with Crippen LogP contribution in [0.4, 0.5) is 0 Å². The van der Waals surface area contributed by atoms with E-state index in [4.69, 9.17) is 4.74 Å². The van der Waals surface area contributed by atoms with Crippen LogP contribution in [0.2, 0.25) is 0 Å². The molecule has 4 rings (SSSR count). The van der Waals surface area contributed by atoms with E-state index in [1.54, 1.807) is 24.4 Å². The number of benzene rings is 1. The lowest BCUT2D eigenvalue weighted by molar-refractivity contribution is 0.0947. The number of nitrogens with zero attached hydrogens (tertiary/aromatic N) is 2. The maximum atomic E-state index is 13.1. The number of piperidine rings is 1. The molecule has 1 aliphatic carbocycles. The normalized spacial score (nSPS) is 18.1. The first-order valence-corrected chi connectivity index (χ1v) is 12.5. The van der Waals surface area contributed by atoms with Gasteiger partial charge < -0.3 is 10.1 Å². The van der Waals surface area contributed by atoms with Gasteiger partial charge in [-0.25, -0.2) is 13.4 Å². The number of sulfonamides is 1. The predicted octanol–water partition coefficient (Wildman–Crippen LogP) is 3.51. The van der Waals surface area contributed by atoms with Crippen molar-refractivity contribution in [2.24, 2.45) is 0 Å². The van der Waals surface area contributed by atoms with Crippen LogP contribution in [0, 0.1) is 0 Å². The number of carbonyl (C=O) groups is 1. The molecule has 0 atom stereocenters. The van der Waals surface area contributed by atoms with Gasteiger partial charge in [0.15, 0.2) is 0 Å². The van der Waals surface area contributed by atoms with Crippen LogP contribution >= 0.6 is 0 Å². The van der Waals surface area contributed by atoms with Crippen molar-refractivity contribution < 1.29 is 17.9 Å². The van der Waals surface area contributed by atoms with E-state index in [0.29, 0.717) is 19.0 Å². The quantitative estimate of drug-likeness (QED) is 0.707. The molecule has 1 N–H and O–H groups in total. The molecule has 0 radical (unpaired) electrons. The molecule has 1 aromatic carbocycles. The molecular weight excluding hydrogens is 414 g/mol. The van der Waals surface area contributed by atoms with Gasteiger partial charge >= 0.3 is 0 Å². The third kappa shape index (κ3) is 5.25. The van der Waals surface area contributed by atoms with Crippen LogP contribution in [0.15, 0.2) is 47.5 Å². The number of pyridine rings is 1. The first-order valence-electron chi connectivity index (χ1n) is 11.0. The number of aromatic nitrogens is 1. The molecule has 1 aromatic heterocycles. The van der Waals surface area contributed by atoms with Gasteiger partial charge in [-0.1, -0.05) is 18.6 Å². The van der Waals surface area contributed by atoms with E-state index < -0.39 is 15.9 Å². The monoisotopic (exact) mass is 443 g/mol. The Labute approximate surface area is 183 Å². The average Bonchev–Trinajstić information content (AvgIpc) is 3.31. The van der Waals surface area contributed by atoms with Gasteiger partial charge in [-0.15, -0.1) is 0 Å². The molecule has 166 valence electrons. The molecule has 0 unspecified atom stereocenters. The molecule has 0 bridgehead atoms. The minimum Gasteiger partial charge on any atom is -0.474 e. The zero-order valence-electron chi connectivity index (χ0n) is 17.6. The minimum atomic E-state index is -3.70. The fourth-order valence-electron chi connectivity index (χ4n) is 4.20. The van der Waals surface area contributed by atoms with Gasteiger partial charge in [0.1, 0.15) is 6.10 Å². The summed E-state index contributed by atoms with van der Waals surface area (Å²) in [6, 6.07) is 10.1. The summed E-state index contributed by atoms with van der Waals surface area (Å²) in [6.07, 6.45) is 9.06. The number of nitrogens with one attached hydrogen (secondary N) is 1. The standard InChI is InChI=1S/C23H29N3O4S/c27-23(25-17-18-12-13-24-22(16-18)30-19-8-2-3-9-19)20-10-4-5-11-21(20)31(28,29)26-14-6-1-7-15-26/h4-5,10-13,16,19H,1-3,6-9,14-15,17H2,(H,25,27). The maximum Gasteiger partial charge on any atom is 0.252 e. The minimum absolute atomic E-state index is 0.0642. The van der Waals surface area contributed by atoms with Crippen molar-refractivity contribution in [2.75, 3.05) is 13.1 Å². The summed E-state index contributed by atoms with van der Waals surface area (Å²) >= 11 is 0. The van der Waals surface area contributed by atoms with E-state index in [2.05, 4.69) is 10.3 Å². The summed E-state index contributed by atoms with van der Waals surface area (Å²) in [5.74, 6) is 0.151. The Kier molecular flexibility index (Phi) is 6.87. The van der Waals surface area contributed by atoms with Crippen molar-refractivity contribution in [1.82, 2.24) is 14.6 Å². The van der Waals surface area contributed by atoms with Crippen LogP contribution in [0.5, 0.6) is 5.88 Å². The van der Waals surface area contributed by atoms with E-state index in [-0.39, 0.29) is 23.1 Å². The number of hydrogen-bond donors (Lipinski definition) is 1. The predicted molar refractivity (Wildman–Crippen MR) is 117 cm³/mol. The highest BCUT2D eigenvalue weighted by Gasteiger charge is 2.29. The molecule has 8 heteroatoms. The van der Waals surface area contributed by atoms with Crippen LogP contribution in [0.25, 0.3) is 0 Å². The largest absolute Gasteiger partial charge is 0.474 e. The molecule has 2 aliphatic rings. The summed E-state index contributed by atoms with van der Waals surface area (Å²) in [5.41, 5.74) is 1.03. The van der Waals surface area contributed by atoms with E-state index in [9.17, 15) is 13.2 Å². The molecular formula is C23H29N3O4S. The fraction of sp³-hybridized carbons (Fsp3) is 0.478. The van der Waals surface area contributed by atoms with Crippen molar-refractivity contribution >= 4 is 15.9 Å². The van der Waals surface area contributed by atoms with Gasteiger partial charge in [0.2, 0.25) is 15.9 Å². The van der Waals surface area contributed by atoms with Gasteiger partial charge in [0.25, 0.3) is 5.91 Å². The van der Waals surface area contributed by atoms with Crippen LogP contribution < -0.4 is 10.1 Å². The summed E-state index contributed by atoms with van der Waals surface area (Å²) in [7, 11) is -3.70. The van der Waals surface area contributed by atoms with Crippen molar-refractivity contribution in [2.45, 2.75) is 62.5 Å². The Morgan fingerprint density at radius 2 is 1.81 bits per heavy atom. The van der Waals surface area contributed by atoms with Crippen LogP contribution in [-0.2, 0) is 16.6 Å². The highest BCUT2D eigenvalue weighted by atomic mass is 32.2. The van der Waals surface area contributed by atoms with E-state index >= 15 is 0 Å². The lowest BCUT2D eigenvalue weighted by Crippen LogP contribution is -2.37. The second-order valence-electron chi connectivity index (χ2n) is 8.17. The number of amides is 1. The van der Waals surface area contributed by atoms with Gasteiger partial charge in [0.05, 0.1) is 10.5 Å². The van der Waals surface area contributed by atoms with E-state index in [1.165, 1.54) is 23.2 Å². The Morgan fingerprint density at radius 3 is 2.58 bits per heavy atom. The molecule has 31 heavy (non-hydrogen) atoms. The molecule has 1 amide bonds. The van der Waals surface area contributed by atoms with Crippen LogP contribution in [0.3, 0.4) is 0 Å². The zero-order chi connectivity index (χ0) is 21.7. The van der Waals surface area contributed by atoms with E-state index in [1.807, 2.05) is 12.1 Å². The SMILES string of the molecule is O=C(NCc1ccnc(OC2CCCC2)c1)c1ccccc1S(=O)(=O)N1CCCCC1. The third-order valence-electron chi connectivity index (χ3n) is 5.91. The fourth-order valence-corrected chi connectivity index (χ4v) is 5.91.